The molecule has 2 unspecified atom stereocenters. The molecule has 100 valence electrons. The van der Waals surface area contributed by atoms with Crippen molar-refractivity contribution in [1.82, 2.24) is 0 Å². The van der Waals surface area contributed by atoms with Gasteiger partial charge < -0.3 is 10.5 Å². The molecule has 1 aromatic rings. The second kappa shape index (κ2) is 6.24. The summed E-state index contributed by atoms with van der Waals surface area (Å²) < 4.78 is 6.27. The minimum atomic E-state index is 0.304. The molecule has 0 heterocycles. The highest BCUT2D eigenvalue weighted by atomic mass is 16.5. The van der Waals surface area contributed by atoms with E-state index in [1.165, 1.54) is 36.8 Å². The van der Waals surface area contributed by atoms with Gasteiger partial charge in [-0.15, -0.1) is 0 Å². The molecule has 1 fully saturated rings. The maximum atomic E-state index is 6.27. The summed E-state index contributed by atoms with van der Waals surface area (Å²) in [5, 5.41) is 0. The van der Waals surface area contributed by atoms with Crippen LogP contribution in [0.3, 0.4) is 0 Å². The molecule has 1 aliphatic carbocycles. The molecule has 0 spiro atoms. The maximum Gasteiger partial charge on any atom is 0.122 e. The van der Waals surface area contributed by atoms with Crippen molar-refractivity contribution in [2.45, 2.75) is 52.1 Å². The number of benzene rings is 1. The zero-order valence-electron chi connectivity index (χ0n) is 11.6. The van der Waals surface area contributed by atoms with Crippen molar-refractivity contribution < 1.29 is 4.74 Å². The van der Waals surface area contributed by atoms with Crippen LogP contribution in [0, 0.1) is 19.8 Å². The van der Waals surface area contributed by atoms with E-state index < -0.39 is 0 Å². The third-order valence-electron chi connectivity index (χ3n) is 4.23. The molecule has 0 saturated heterocycles. The van der Waals surface area contributed by atoms with Gasteiger partial charge in [0.25, 0.3) is 0 Å². The van der Waals surface area contributed by atoms with Gasteiger partial charge in [0.05, 0.1) is 0 Å². The molecule has 2 heteroatoms. The van der Waals surface area contributed by atoms with Gasteiger partial charge in [-0.25, -0.2) is 0 Å². The van der Waals surface area contributed by atoms with Crippen molar-refractivity contribution in [3.8, 4) is 5.75 Å². The summed E-state index contributed by atoms with van der Waals surface area (Å²) in [6.07, 6.45) is 6.56. The lowest BCUT2D eigenvalue weighted by atomic mass is 9.97. The zero-order valence-corrected chi connectivity index (χ0v) is 11.6. The van der Waals surface area contributed by atoms with Crippen LogP contribution in [-0.2, 0) is 0 Å². The van der Waals surface area contributed by atoms with E-state index in [4.69, 9.17) is 10.5 Å². The smallest absolute Gasteiger partial charge is 0.122 e. The number of rotatable bonds is 3. The molecule has 2 N–H and O–H groups in total. The van der Waals surface area contributed by atoms with E-state index in [0.29, 0.717) is 12.0 Å². The molecule has 2 rings (SSSR count). The Morgan fingerprint density at radius 1 is 1.17 bits per heavy atom. The van der Waals surface area contributed by atoms with Crippen LogP contribution < -0.4 is 10.5 Å². The predicted octanol–water partition coefficient (Wildman–Crippen LogP) is 3.59. The van der Waals surface area contributed by atoms with E-state index in [9.17, 15) is 0 Å². The molecule has 0 radical (unpaired) electrons. The van der Waals surface area contributed by atoms with Gasteiger partial charge in [0, 0.05) is 5.92 Å². The minimum Gasteiger partial charge on any atom is -0.490 e. The predicted molar refractivity (Wildman–Crippen MR) is 76.0 cm³/mol. The normalized spacial score (nSPS) is 24.6. The highest BCUT2D eigenvalue weighted by molar-refractivity contribution is 5.38. The molecule has 2 nitrogen and oxygen atoms in total. The van der Waals surface area contributed by atoms with Gasteiger partial charge in [-0.1, -0.05) is 25.0 Å². The summed E-state index contributed by atoms with van der Waals surface area (Å²) in [5.74, 6) is 1.56. The SMILES string of the molecule is Cc1cccc(OC2CCCCCC2CN)c1C. The number of aryl methyl sites for hydroxylation is 1. The van der Waals surface area contributed by atoms with E-state index >= 15 is 0 Å². The quantitative estimate of drug-likeness (QED) is 0.828. The van der Waals surface area contributed by atoms with E-state index in [1.54, 1.807) is 0 Å². The molecule has 0 aliphatic heterocycles. The third-order valence-corrected chi connectivity index (χ3v) is 4.23. The van der Waals surface area contributed by atoms with Crippen LogP contribution in [0.5, 0.6) is 5.75 Å². The van der Waals surface area contributed by atoms with Crippen molar-refractivity contribution in [1.29, 1.82) is 0 Å². The zero-order chi connectivity index (χ0) is 13.0. The fraction of sp³-hybridized carbons (Fsp3) is 0.625. The van der Waals surface area contributed by atoms with Gasteiger partial charge in [0.15, 0.2) is 0 Å². The number of hydrogen-bond acceptors (Lipinski definition) is 2. The Kier molecular flexibility index (Phi) is 4.65. The lowest BCUT2D eigenvalue weighted by Gasteiger charge is -2.26. The van der Waals surface area contributed by atoms with Crippen LogP contribution in [0.2, 0.25) is 0 Å². The highest BCUT2D eigenvalue weighted by Crippen LogP contribution is 2.29. The Morgan fingerprint density at radius 2 is 1.94 bits per heavy atom. The van der Waals surface area contributed by atoms with E-state index in [2.05, 4.69) is 32.0 Å². The summed E-state index contributed by atoms with van der Waals surface area (Å²) in [6, 6.07) is 6.29. The highest BCUT2D eigenvalue weighted by Gasteiger charge is 2.24. The molecular formula is C16H25NO. The number of nitrogens with two attached hydrogens (primary N) is 1. The van der Waals surface area contributed by atoms with Gasteiger partial charge in [0.2, 0.25) is 0 Å². The van der Waals surface area contributed by atoms with Crippen molar-refractivity contribution in [2.75, 3.05) is 6.54 Å². The summed E-state index contributed by atoms with van der Waals surface area (Å²) in [6.45, 7) is 5.02. The number of ether oxygens (including phenoxy) is 1. The van der Waals surface area contributed by atoms with E-state index in [1.807, 2.05) is 0 Å². The third kappa shape index (κ3) is 3.05. The molecule has 1 saturated carbocycles. The molecule has 1 aliphatic rings. The largest absolute Gasteiger partial charge is 0.490 e. The van der Waals surface area contributed by atoms with Gasteiger partial charge in [-0.3, -0.25) is 0 Å². The molecule has 0 bridgehead atoms. The first-order chi connectivity index (χ1) is 8.72. The average Bonchev–Trinajstić information content (AvgIpc) is 2.60. The van der Waals surface area contributed by atoms with Crippen LogP contribution in [0.1, 0.15) is 43.2 Å². The molecule has 2 atom stereocenters. The fourth-order valence-corrected chi connectivity index (χ4v) is 2.79. The van der Waals surface area contributed by atoms with Crippen LogP contribution in [-0.4, -0.2) is 12.6 Å². The Bertz CT molecular complexity index is 389. The summed E-state index contributed by atoms with van der Waals surface area (Å²) in [5.41, 5.74) is 8.46. The molecule has 18 heavy (non-hydrogen) atoms. The van der Waals surface area contributed by atoms with Crippen molar-refractivity contribution in [2.24, 2.45) is 11.7 Å². The van der Waals surface area contributed by atoms with Gasteiger partial charge in [0.1, 0.15) is 11.9 Å². The van der Waals surface area contributed by atoms with Gasteiger partial charge in [-0.05, 0) is 56.8 Å². The van der Waals surface area contributed by atoms with Gasteiger partial charge >= 0.3 is 0 Å². The molecular weight excluding hydrogens is 222 g/mol. The summed E-state index contributed by atoms with van der Waals surface area (Å²) >= 11 is 0. The standard InChI is InChI=1S/C16H25NO/c1-12-7-6-10-15(13(12)2)18-16-9-5-3-4-8-14(16)11-17/h6-7,10,14,16H,3-5,8-9,11,17H2,1-2H3. The second-order valence-corrected chi connectivity index (χ2v) is 5.49. The number of hydrogen-bond donors (Lipinski definition) is 1. The maximum absolute atomic E-state index is 6.27. The van der Waals surface area contributed by atoms with Crippen molar-refractivity contribution in [3.63, 3.8) is 0 Å². The lowest BCUT2D eigenvalue weighted by molar-refractivity contribution is 0.128. The van der Waals surface area contributed by atoms with Crippen LogP contribution in [0.15, 0.2) is 18.2 Å². The topological polar surface area (TPSA) is 35.2 Å². The summed E-state index contributed by atoms with van der Waals surface area (Å²) in [4.78, 5) is 0. The Balaban J connectivity index is 2.12. The van der Waals surface area contributed by atoms with Gasteiger partial charge in [-0.2, -0.15) is 0 Å². The minimum absolute atomic E-state index is 0.304. The van der Waals surface area contributed by atoms with Crippen LogP contribution in [0.25, 0.3) is 0 Å². The molecule has 0 aromatic heterocycles. The van der Waals surface area contributed by atoms with Crippen molar-refractivity contribution in [3.05, 3.63) is 29.3 Å². The van der Waals surface area contributed by atoms with E-state index in [0.717, 1.165) is 18.7 Å². The van der Waals surface area contributed by atoms with Crippen LogP contribution >= 0.6 is 0 Å². The first kappa shape index (κ1) is 13.4. The fourth-order valence-electron chi connectivity index (χ4n) is 2.79. The molecule has 0 amide bonds. The Morgan fingerprint density at radius 3 is 2.72 bits per heavy atom. The molecule has 1 aromatic carbocycles. The van der Waals surface area contributed by atoms with Crippen molar-refractivity contribution >= 4 is 0 Å². The lowest BCUT2D eigenvalue weighted by Crippen LogP contribution is -2.31. The average molecular weight is 247 g/mol. The monoisotopic (exact) mass is 247 g/mol. The van der Waals surface area contributed by atoms with E-state index in [-0.39, 0.29) is 0 Å². The first-order valence-corrected chi connectivity index (χ1v) is 7.15. The first-order valence-electron chi connectivity index (χ1n) is 7.15. The summed E-state index contributed by atoms with van der Waals surface area (Å²) in [7, 11) is 0. The Labute approximate surface area is 111 Å². The second-order valence-electron chi connectivity index (χ2n) is 5.49. The Hall–Kier alpha value is -1.02. The van der Waals surface area contributed by atoms with Crippen LogP contribution in [0.4, 0.5) is 0 Å².